The molecule has 0 spiro atoms. The number of hydrogen-bond donors (Lipinski definition) is 0. The van der Waals surface area contributed by atoms with Crippen LogP contribution in [0.4, 0.5) is 0 Å². The molecule has 0 bridgehead atoms. The fraction of sp³-hybridized carbons (Fsp3) is 0.120. The Morgan fingerprint density at radius 2 is 1.43 bits per heavy atom. The van der Waals surface area contributed by atoms with Crippen molar-refractivity contribution in [2.45, 2.75) is 4.90 Å². The summed E-state index contributed by atoms with van der Waals surface area (Å²) >= 11 is 1.43. The van der Waals surface area contributed by atoms with Crippen LogP contribution in [0.25, 0.3) is 6.08 Å². The van der Waals surface area contributed by atoms with E-state index in [9.17, 15) is 9.00 Å². The molecular weight excluding hydrogens is 412 g/mol. The van der Waals surface area contributed by atoms with E-state index >= 15 is 0 Å². The van der Waals surface area contributed by atoms with Crippen LogP contribution in [0.2, 0.25) is 0 Å². The van der Waals surface area contributed by atoms with Gasteiger partial charge in [0.25, 0.3) is 0 Å². The van der Waals surface area contributed by atoms with Crippen LogP contribution in [0.3, 0.4) is 0 Å². The third kappa shape index (κ3) is 5.65. The molecule has 3 rings (SSSR count). The molecule has 0 aliphatic rings. The first kappa shape index (κ1) is 21.9. The number of benzene rings is 3. The van der Waals surface area contributed by atoms with Gasteiger partial charge in [-0.15, -0.1) is 0 Å². The van der Waals surface area contributed by atoms with Crippen LogP contribution in [0, 0.1) is 0 Å². The molecule has 3 aromatic carbocycles. The van der Waals surface area contributed by atoms with Crippen molar-refractivity contribution in [3.8, 4) is 5.75 Å². The van der Waals surface area contributed by atoms with Crippen LogP contribution in [-0.2, 0) is 9.52 Å². The molecule has 0 fully saturated rings. The maximum absolute atomic E-state index is 13.4. The minimum Gasteiger partial charge on any atom is -0.497 e. The maximum Gasteiger partial charge on any atom is 0.202 e. The molecule has 0 atom stereocenters. The van der Waals surface area contributed by atoms with E-state index in [2.05, 4.69) is 0 Å². The van der Waals surface area contributed by atoms with Crippen LogP contribution in [-0.4, -0.2) is 34.5 Å². The standard InChI is InChI=1S/C25H24O3S2/c1-28-21-14-16-22(17-15-21)29-23(18-19-10-6-4-7-11-19)25(30(2,3)27)24(26)20-12-8-5-9-13-20/h4-18H,1-3H3/b23-18+. The minimum absolute atomic E-state index is 0.214. The summed E-state index contributed by atoms with van der Waals surface area (Å²) in [6, 6.07) is 26.4. The van der Waals surface area contributed by atoms with E-state index in [0.29, 0.717) is 15.3 Å². The topological polar surface area (TPSA) is 43.4 Å². The molecular formula is C25H24O3S2. The SMILES string of the molecule is COc1ccc(S/C(=C/c2ccccc2)C(C(=O)c2ccccc2)=S(C)(C)=O)cc1. The molecule has 3 aromatic rings. The number of ketones is 1. The lowest BCUT2D eigenvalue weighted by Gasteiger charge is -2.15. The van der Waals surface area contributed by atoms with Crippen molar-refractivity contribution < 1.29 is 13.7 Å². The van der Waals surface area contributed by atoms with Crippen molar-refractivity contribution >= 4 is 38.0 Å². The maximum atomic E-state index is 13.4. The highest BCUT2D eigenvalue weighted by molar-refractivity contribution is 8.09. The summed E-state index contributed by atoms with van der Waals surface area (Å²) in [7, 11) is -0.940. The average Bonchev–Trinajstić information content (AvgIpc) is 2.74. The molecule has 0 saturated carbocycles. The third-order valence-electron chi connectivity index (χ3n) is 4.34. The first-order valence-corrected chi connectivity index (χ1v) is 12.6. The van der Waals surface area contributed by atoms with Gasteiger partial charge < -0.3 is 4.74 Å². The first-order chi connectivity index (χ1) is 14.4. The molecule has 0 aromatic heterocycles. The largest absolute Gasteiger partial charge is 0.497 e. The van der Waals surface area contributed by atoms with E-state index < -0.39 is 9.52 Å². The predicted octanol–water partition coefficient (Wildman–Crippen LogP) is 5.43. The summed E-state index contributed by atoms with van der Waals surface area (Å²) in [5, 5.41) is 0. The number of hydrogen-bond acceptors (Lipinski definition) is 4. The third-order valence-corrected chi connectivity index (χ3v) is 6.91. The zero-order chi connectivity index (χ0) is 21.6. The first-order valence-electron chi connectivity index (χ1n) is 9.38. The summed E-state index contributed by atoms with van der Waals surface area (Å²) < 4.78 is 18.5. The van der Waals surface area contributed by atoms with E-state index in [4.69, 9.17) is 4.74 Å². The van der Waals surface area contributed by atoms with Crippen molar-refractivity contribution in [2.24, 2.45) is 0 Å². The lowest BCUT2D eigenvalue weighted by Crippen LogP contribution is -2.23. The summed E-state index contributed by atoms with van der Waals surface area (Å²) in [4.78, 5) is 15.4. The van der Waals surface area contributed by atoms with Gasteiger partial charge in [0.05, 0.1) is 12.0 Å². The summed E-state index contributed by atoms with van der Waals surface area (Å²) in [6.07, 6.45) is 5.17. The van der Waals surface area contributed by atoms with E-state index in [0.717, 1.165) is 16.2 Å². The van der Waals surface area contributed by atoms with Gasteiger partial charge in [-0.1, -0.05) is 72.4 Å². The molecule has 154 valence electrons. The number of methoxy groups -OCH3 is 1. The van der Waals surface area contributed by atoms with E-state index in [1.54, 1.807) is 31.8 Å². The van der Waals surface area contributed by atoms with E-state index in [-0.39, 0.29) is 5.78 Å². The Bertz CT molecular complexity index is 1150. The number of carbonyl (C=O) groups is 1. The fourth-order valence-electron chi connectivity index (χ4n) is 2.91. The number of allylic oxidation sites excluding steroid dienone is 1. The molecule has 3 nitrogen and oxygen atoms in total. The zero-order valence-electron chi connectivity index (χ0n) is 17.2. The van der Waals surface area contributed by atoms with E-state index in [1.165, 1.54) is 11.8 Å². The number of Topliss-reactive ketones (excluding diaryl/α,β-unsaturated/α-hetero) is 1. The van der Waals surface area contributed by atoms with Crippen LogP contribution in [0.15, 0.2) is 94.7 Å². The number of thioether (sulfide) groups is 1. The van der Waals surface area contributed by atoms with Crippen LogP contribution < -0.4 is 4.74 Å². The van der Waals surface area contributed by atoms with Gasteiger partial charge in [-0.25, -0.2) is 0 Å². The van der Waals surface area contributed by atoms with Gasteiger partial charge in [0.1, 0.15) is 5.75 Å². The summed E-state index contributed by atoms with van der Waals surface area (Å²) in [5.74, 6) is 0.543. The van der Waals surface area contributed by atoms with Gasteiger partial charge in [0.15, 0.2) is 0 Å². The highest BCUT2D eigenvalue weighted by Gasteiger charge is 2.23. The highest BCUT2D eigenvalue weighted by Crippen LogP contribution is 2.32. The monoisotopic (exact) mass is 436 g/mol. The molecule has 0 aliphatic heterocycles. The Kier molecular flexibility index (Phi) is 7.19. The quantitative estimate of drug-likeness (QED) is 0.214. The fourth-order valence-corrected chi connectivity index (χ4v) is 5.65. The average molecular weight is 437 g/mol. The Morgan fingerprint density at radius 1 is 0.867 bits per heavy atom. The lowest BCUT2D eigenvalue weighted by atomic mass is 10.1. The molecule has 0 heterocycles. The second-order valence-electron chi connectivity index (χ2n) is 6.95. The van der Waals surface area contributed by atoms with Crippen molar-refractivity contribution in [3.05, 3.63) is 101 Å². The summed E-state index contributed by atoms with van der Waals surface area (Å²) in [6.45, 7) is 0. The van der Waals surface area contributed by atoms with Gasteiger partial charge in [-0.05, 0) is 45.4 Å². The van der Waals surface area contributed by atoms with Gasteiger partial charge >= 0.3 is 0 Å². The van der Waals surface area contributed by atoms with Crippen LogP contribution >= 0.6 is 11.8 Å². The molecule has 0 amide bonds. The lowest BCUT2D eigenvalue weighted by molar-refractivity contribution is 0.106. The minimum atomic E-state index is -2.56. The second-order valence-corrected chi connectivity index (χ2v) is 10.9. The van der Waals surface area contributed by atoms with Crippen molar-refractivity contribution in [2.75, 3.05) is 19.6 Å². The highest BCUT2D eigenvalue weighted by atomic mass is 32.2. The smallest absolute Gasteiger partial charge is 0.202 e. The van der Waals surface area contributed by atoms with Gasteiger partial charge in [-0.3, -0.25) is 9.00 Å². The Morgan fingerprint density at radius 3 is 1.97 bits per heavy atom. The normalized spacial score (nSPS) is 11.8. The molecule has 0 unspecified atom stereocenters. The number of rotatable bonds is 7. The zero-order valence-corrected chi connectivity index (χ0v) is 18.8. The molecule has 30 heavy (non-hydrogen) atoms. The van der Waals surface area contributed by atoms with Crippen molar-refractivity contribution in [3.63, 3.8) is 0 Å². The van der Waals surface area contributed by atoms with Gasteiger partial charge in [0.2, 0.25) is 5.78 Å². The van der Waals surface area contributed by atoms with Gasteiger partial charge in [-0.2, -0.15) is 0 Å². The molecule has 0 N–H and O–H groups in total. The predicted molar refractivity (Wildman–Crippen MR) is 129 cm³/mol. The Balaban J connectivity index is 2.14. The summed E-state index contributed by atoms with van der Waals surface area (Å²) in [5.41, 5.74) is 1.47. The molecule has 0 aliphatic carbocycles. The van der Waals surface area contributed by atoms with Crippen molar-refractivity contribution in [1.29, 1.82) is 0 Å². The van der Waals surface area contributed by atoms with Gasteiger partial charge in [0, 0.05) is 27.9 Å². The van der Waals surface area contributed by atoms with Crippen LogP contribution in [0.1, 0.15) is 15.9 Å². The number of carbonyl (C=O) groups excluding carboxylic acids is 1. The van der Waals surface area contributed by atoms with Crippen LogP contribution in [0.5, 0.6) is 5.75 Å². The molecule has 5 heteroatoms. The molecule has 0 saturated heterocycles. The second kappa shape index (κ2) is 9.83. The van der Waals surface area contributed by atoms with Crippen molar-refractivity contribution in [1.82, 2.24) is 0 Å². The Hall–Kier alpha value is -2.76. The van der Waals surface area contributed by atoms with E-state index in [1.807, 2.05) is 78.9 Å². The Labute approximate surface area is 182 Å². The molecule has 0 radical (unpaired) electrons. The number of ether oxygens (including phenoxy) is 1.